The van der Waals surface area contributed by atoms with E-state index in [1.54, 1.807) is 0 Å². The maximum atomic E-state index is 13.6. The highest BCUT2D eigenvalue weighted by Gasteiger charge is 2.26. The molecule has 1 fully saturated rings. The largest absolute Gasteiger partial charge is 0.377 e. The third-order valence-electron chi connectivity index (χ3n) is 3.43. The van der Waals surface area contributed by atoms with Gasteiger partial charge in [0.15, 0.2) is 11.6 Å². The average Bonchev–Trinajstić information content (AvgIpc) is 2.69. The molecule has 0 saturated heterocycles. The van der Waals surface area contributed by atoms with E-state index in [1.807, 2.05) is 6.92 Å². The average molecular weight is 256 g/mol. The zero-order valence-corrected chi connectivity index (χ0v) is 9.95. The van der Waals surface area contributed by atoms with Crippen LogP contribution in [0.1, 0.15) is 26.2 Å². The van der Waals surface area contributed by atoms with E-state index in [2.05, 4.69) is 5.32 Å². The SMILES string of the molecule is CC1CCCC1Nc1c(F)cc([N+](=O)[O-])cc1F. The van der Waals surface area contributed by atoms with Crippen LogP contribution >= 0.6 is 0 Å². The van der Waals surface area contributed by atoms with Crippen molar-refractivity contribution in [3.63, 3.8) is 0 Å². The third kappa shape index (κ3) is 2.42. The predicted octanol–water partition coefficient (Wildman–Crippen LogP) is 3.47. The molecule has 0 aliphatic heterocycles. The second-order valence-corrected chi connectivity index (χ2v) is 4.70. The van der Waals surface area contributed by atoms with Crippen molar-refractivity contribution in [3.8, 4) is 0 Å². The van der Waals surface area contributed by atoms with Gasteiger partial charge in [-0.25, -0.2) is 8.78 Å². The van der Waals surface area contributed by atoms with Gasteiger partial charge < -0.3 is 5.32 Å². The minimum Gasteiger partial charge on any atom is -0.377 e. The number of nitrogens with zero attached hydrogens (tertiary/aromatic N) is 1. The van der Waals surface area contributed by atoms with Crippen LogP contribution in [0.2, 0.25) is 0 Å². The van der Waals surface area contributed by atoms with Crippen molar-refractivity contribution < 1.29 is 13.7 Å². The van der Waals surface area contributed by atoms with E-state index in [-0.39, 0.29) is 11.7 Å². The van der Waals surface area contributed by atoms with Crippen molar-refractivity contribution in [2.24, 2.45) is 5.92 Å². The Morgan fingerprint density at radius 1 is 1.33 bits per heavy atom. The van der Waals surface area contributed by atoms with E-state index in [1.165, 1.54) is 0 Å². The monoisotopic (exact) mass is 256 g/mol. The Morgan fingerprint density at radius 2 is 1.94 bits per heavy atom. The van der Waals surface area contributed by atoms with E-state index in [0.717, 1.165) is 31.4 Å². The highest BCUT2D eigenvalue weighted by molar-refractivity contribution is 5.52. The van der Waals surface area contributed by atoms with Gasteiger partial charge in [0.25, 0.3) is 5.69 Å². The molecule has 1 saturated carbocycles. The summed E-state index contributed by atoms with van der Waals surface area (Å²) in [6, 6.07) is 1.51. The minimum atomic E-state index is -0.916. The summed E-state index contributed by atoms with van der Waals surface area (Å²) in [4.78, 5) is 9.65. The van der Waals surface area contributed by atoms with Crippen LogP contribution in [-0.2, 0) is 0 Å². The molecule has 98 valence electrons. The van der Waals surface area contributed by atoms with Gasteiger partial charge in [-0.2, -0.15) is 0 Å². The zero-order chi connectivity index (χ0) is 13.3. The van der Waals surface area contributed by atoms with Gasteiger partial charge in [-0.3, -0.25) is 10.1 Å². The van der Waals surface area contributed by atoms with Crippen LogP contribution in [0.3, 0.4) is 0 Å². The summed E-state index contributed by atoms with van der Waals surface area (Å²) in [7, 11) is 0. The Morgan fingerprint density at radius 3 is 2.39 bits per heavy atom. The van der Waals surface area contributed by atoms with E-state index in [0.29, 0.717) is 5.92 Å². The highest BCUT2D eigenvalue weighted by Crippen LogP contribution is 2.31. The van der Waals surface area contributed by atoms with Gasteiger partial charge in [-0.15, -0.1) is 0 Å². The lowest BCUT2D eigenvalue weighted by Crippen LogP contribution is -2.23. The Hall–Kier alpha value is -1.72. The molecule has 1 aromatic carbocycles. The normalized spacial score (nSPS) is 23.1. The molecule has 2 unspecified atom stereocenters. The number of benzene rings is 1. The topological polar surface area (TPSA) is 55.2 Å². The van der Waals surface area contributed by atoms with Crippen LogP contribution in [0.4, 0.5) is 20.2 Å². The molecule has 1 N–H and O–H groups in total. The number of non-ortho nitro benzene ring substituents is 1. The van der Waals surface area contributed by atoms with Gasteiger partial charge in [0, 0.05) is 6.04 Å². The first kappa shape index (κ1) is 12.7. The van der Waals surface area contributed by atoms with Crippen molar-refractivity contribution in [2.45, 2.75) is 32.2 Å². The molecular weight excluding hydrogens is 242 g/mol. The summed E-state index contributed by atoms with van der Waals surface area (Å²) in [5.41, 5.74) is -0.839. The highest BCUT2D eigenvalue weighted by atomic mass is 19.1. The maximum Gasteiger partial charge on any atom is 0.275 e. The first-order valence-electron chi connectivity index (χ1n) is 5.89. The van der Waals surface area contributed by atoms with Gasteiger partial charge in [-0.1, -0.05) is 13.3 Å². The Labute approximate surface area is 103 Å². The molecule has 0 bridgehead atoms. The second-order valence-electron chi connectivity index (χ2n) is 4.70. The summed E-state index contributed by atoms with van der Waals surface area (Å²) in [5, 5.41) is 13.3. The molecule has 0 aromatic heterocycles. The van der Waals surface area contributed by atoms with Crippen molar-refractivity contribution in [1.82, 2.24) is 0 Å². The van der Waals surface area contributed by atoms with Crippen molar-refractivity contribution in [2.75, 3.05) is 5.32 Å². The summed E-state index contributed by atoms with van der Waals surface area (Å²) in [5.74, 6) is -1.49. The van der Waals surface area contributed by atoms with E-state index < -0.39 is 22.2 Å². The number of nitro benzene ring substituents is 1. The number of nitrogens with one attached hydrogen (secondary N) is 1. The van der Waals surface area contributed by atoms with Crippen LogP contribution in [0.25, 0.3) is 0 Å². The third-order valence-corrected chi connectivity index (χ3v) is 3.43. The predicted molar refractivity (Wildman–Crippen MR) is 63.4 cm³/mol. The number of halogens is 2. The van der Waals surface area contributed by atoms with Crippen LogP contribution in [0.15, 0.2) is 12.1 Å². The Balaban J connectivity index is 2.25. The molecule has 2 rings (SSSR count). The molecule has 1 aliphatic carbocycles. The Bertz CT molecular complexity index is 456. The maximum absolute atomic E-state index is 13.6. The molecule has 0 spiro atoms. The quantitative estimate of drug-likeness (QED) is 0.665. The summed E-state index contributed by atoms with van der Waals surface area (Å²) < 4.78 is 27.3. The first-order valence-corrected chi connectivity index (χ1v) is 5.89. The lowest BCUT2D eigenvalue weighted by atomic mass is 10.1. The number of nitro groups is 1. The summed E-state index contributed by atoms with van der Waals surface area (Å²) in [6.45, 7) is 2.02. The number of anilines is 1. The molecule has 0 amide bonds. The molecule has 1 aliphatic rings. The van der Waals surface area contributed by atoms with Crippen LogP contribution in [-0.4, -0.2) is 11.0 Å². The molecule has 1 aromatic rings. The van der Waals surface area contributed by atoms with Crippen molar-refractivity contribution in [1.29, 1.82) is 0 Å². The van der Waals surface area contributed by atoms with Crippen LogP contribution in [0.5, 0.6) is 0 Å². The van der Waals surface area contributed by atoms with E-state index in [4.69, 9.17) is 0 Å². The fourth-order valence-electron chi connectivity index (χ4n) is 2.35. The number of hydrogen-bond donors (Lipinski definition) is 1. The first-order chi connectivity index (χ1) is 8.49. The van der Waals surface area contributed by atoms with Gasteiger partial charge >= 0.3 is 0 Å². The van der Waals surface area contributed by atoms with Crippen LogP contribution < -0.4 is 5.32 Å². The van der Waals surface area contributed by atoms with Gasteiger partial charge in [0.2, 0.25) is 0 Å². The van der Waals surface area contributed by atoms with Gasteiger partial charge in [-0.05, 0) is 18.8 Å². The fraction of sp³-hybridized carbons (Fsp3) is 0.500. The molecule has 4 nitrogen and oxygen atoms in total. The molecule has 0 heterocycles. The smallest absolute Gasteiger partial charge is 0.275 e. The lowest BCUT2D eigenvalue weighted by molar-refractivity contribution is -0.385. The fourth-order valence-corrected chi connectivity index (χ4v) is 2.35. The second kappa shape index (κ2) is 4.88. The van der Waals surface area contributed by atoms with E-state index >= 15 is 0 Å². The summed E-state index contributed by atoms with van der Waals surface area (Å²) in [6.07, 6.45) is 2.90. The van der Waals surface area contributed by atoms with Gasteiger partial charge in [0.1, 0.15) is 5.69 Å². The van der Waals surface area contributed by atoms with Gasteiger partial charge in [0.05, 0.1) is 17.1 Å². The standard InChI is InChI=1S/C12H14F2N2O2/c1-7-3-2-4-11(7)15-12-9(13)5-8(16(17)18)6-10(12)14/h5-7,11,15H,2-4H2,1H3. The Kier molecular flexibility index (Phi) is 3.45. The molecular formula is C12H14F2N2O2. The number of rotatable bonds is 3. The van der Waals surface area contributed by atoms with E-state index in [9.17, 15) is 18.9 Å². The number of hydrogen-bond acceptors (Lipinski definition) is 3. The lowest BCUT2D eigenvalue weighted by Gasteiger charge is -2.19. The molecule has 2 atom stereocenters. The van der Waals surface area contributed by atoms with Crippen LogP contribution in [0, 0.1) is 27.7 Å². The molecule has 6 heteroatoms. The zero-order valence-electron chi connectivity index (χ0n) is 9.95. The molecule has 18 heavy (non-hydrogen) atoms. The van der Waals surface area contributed by atoms with Crippen molar-refractivity contribution in [3.05, 3.63) is 33.9 Å². The molecule has 0 radical (unpaired) electrons. The van der Waals surface area contributed by atoms with Crippen molar-refractivity contribution >= 4 is 11.4 Å². The minimum absolute atomic E-state index is 0.0236. The summed E-state index contributed by atoms with van der Waals surface area (Å²) >= 11 is 0.